The maximum absolute atomic E-state index is 6.62. The van der Waals surface area contributed by atoms with Gasteiger partial charge in [-0.1, -0.05) is 48.5 Å². The number of hydrogen-bond donors (Lipinski definition) is 0. The van der Waals surface area contributed by atoms with Crippen molar-refractivity contribution in [2.45, 2.75) is 44.1 Å². The third kappa shape index (κ3) is 4.65. The van der Waals surface area contributed by atoms with Crippen molar-refractivity contribution >= 4 is 0 Å². The van der Waals surface area contributed by atoms with Crippen LogP contribution in [0, 0.1) is 0 Å². The summed E-state index contributed by atoms with van der Waals surface area (Å²) in [4.78, 5) is 2.49. The van der Waals surface area contributed by atoms with Crippen LogP contribution >= 0.6 is 0 Å². The SMILES string of the molecule is COc1ccc2c(c1)OC(C)(C)C(c1ccccc1)C2c1cccc(OCCN2CCCC2)c1. The highest BCUT2D eigenvalue weighted by atomic mass is 16.5. The van der Waals surface area contributed by atoms with Gasteiger partial charge in [-0.05, 0) is 69.1 Å². The molecule has 0 aromatic heterocycles. The Labute approximate surface area is 203 Å². The lowest BCUT2D eigenvalue weighted by Crippen LogP contribution is -2.43. The normalized spacial score (nSPS) is 21.5. The van der Waals surface area contributed by atoms with E-state index in [0.29, 0.717) is 0 Å². The molecule has 0 aliphatic carbocycles. The van der Waals surface area contributed by atoms with Gasteiger partial charge in [0.25, 0.3) is 0 Å². The Kier molecular flexibility index (Phi) is 6.51. The first-order valence-corrected chi connectivity index (χ1v) is 12.4. The molecular weight excluding hydrogens is 422 g/mol. The molecule has 1 saturated heterocycles. The van der Waals surface area contributed by atoms with Gasteiger partial charge in [0.2, 0.25) is 0 Å². The third-order valence-electron chi connectivity index (χ3n) is 7.26. The molecule has 3 aromatic rings. The van der Waals surface area contributed by atoms with E-state index < -0.39 is 5.60 Å². The predicted octanol–water partition coefficient (Wildman–Crippen LogP) is 6.26. The van der Waals surface area contributed by atoms with Crippen LogP contribution < -0.4 is 14.2 Å². The Bertz CT molecular complexity index is 1110. The fraction of sp³-hybridized carbons (Fsp3) is 0.400. The fourth-order valence-electron chi connectivity index (χ4n) is 5.64. The van der Waals surface area contributed by atoms with Crippen LogP contribution in [0.15, 0.2) is 72.8 Å². The average molecular weight is 458 g/mol. The van der Waals surface area contributed by atoms with Crippen molar-refractivity contribution in [3.63, 3.8) is 0 Å². The van der Waals surface area contributed by atoms with Crippen molar-refractivity contribution in [1.82, 2.24) is 4.90 Å². The standard InChI is InChI=1S/C30H35NO3/c1-30(2)29(22-10-5-4-6-11-22)28(26-15-14-24(32-3)21-27(26)34-30)23-12-9-13-25(20-23)33-19-18-31-16-7-8-17-31/h4-6,9-15,20-21,28-29H,7-8,16-19H2,1-3H3. The van der Waals surface area contributed by atoms with Crippen molar-refractivity contribution in [1.29, 1.82) is 0 Å². The fourth-order valence-corrected chi connectivity index (χ4v) is 5.64. The number of benzene rings is 3. The van der Waals surface area contributed by atoms with Gasteiger partial charge in [0.15, 0.2) is 0 Å². The van der Waals surface area contributed by atoms with Crippen LogP contribution in [0.3, 0.4) is 0 Å². The van der Waals surface area contributed by atoms with Crippen molar-refractivity contribution in [3.8, 4) is 17.2 Å². The summed E-state index contributed by atoms with van der Waals surface area (Å²) >= 11 is 0. The van der Waals surface area contributed by atoms with Gasteiger partial charge >= 0.3 is 0 Å². The molecule has 178 valence electrons. The van der Waals surface area contributed by atoms with Crippen LogP contribution in [0.1, 0.15) is 55.2 Å². The second-order valence-electron chi connectivity index (χ2n) is 9.94. The minimum absolute atomic E-state index is 0.134. The van der Waals surface area contributed by atoms with E-state index in [1.165, 1.54) is 42.6 Å². The van der Waals surface area contributed by atoms with E-state index in [2.05, 4.69) is 79.4 Å². The Hall–Kier alpha value is -2.98. The van der Waals surface area contributed by atoms with Crippen LogP contribution in [0.25, 0.3) is 0 Å². The zero-order valence-corrected chi connectivity index (χ0v) is 20.5. The van der Waals surface area contributed by atoms with Gasteiger partial charge in [0, 0.05) is 30.0 Å². The van der Waals surface area contributed by atoms with E-state index in [1.807, 2.05) is 12.1 Å². The van der Waals surface area contributed by atoms with E-state index >= 15 is 0 Å². The maximum Gasteiger partial charge on any atom is 0.127 e. The number of hydrogen-bond acceptors (Lipinski definition) is 4. The van der Waals surface area contributed by atoms with Crippen LogP contribution in [-0.2, 0) is 0 Å². The van der Waals surface area contributed by atoms with Crippen LogP contribution in [0.2, 0.25) is 0 Å². The van der Waals surface area contributed by atoms with Gasteiger partial charge in [-0.25, -0.2) is 0 Å². The Morgan fingerprint density at radius 3 is 2.41 bits per heavy atom. The lowest BCUT2D eigenvalue weighted by molar-refractivity contribution is 0.0527. The summed E-state index contributed by atoms with van der Waals surface area (Å²) < 4.78 is 18.3. The third-order valence-corrected chi connectivity index (χ3v) is 7.26. The summed E-state index contributed by atoms with van der Waals surface area (Å²) in [5, 5.41) is 0. The smallest absolute Gasteiger partial charge is 0.127 e. The van der Waals surface area contributed by atoms with Crippen molar-refractivity contribution < 1.29 is 14.2 Å². The molecule has 4 heteroatoms. The largest absolute Gasteiger partial charge is 0.497 e. The lowest BCUT2D eigenvalue weighted by atomic mass is 9.68. The number of likely N-dealkylation sites (tertiary alicyclic amines) is 1. The van der Waals surface area contributed by atoms with Gasteiger partial charge in [0.05, 0.1) is 7.11 Å². The van der Waals surface area contributed by atoms with E-state index in [-0.39, 0.29) is 11.8 Å². The molecule has 1 fully saturated rings. The maximum atomic E-state index is 6.62. The first kappa shape index (κ1) is 22.8. The molecule has 0 bridgehead atoms. The van der Waals surface area contributed by atoms with Crippen molar-refractivity contribution in [2.75, 3.05) is 33.4 Å². The van der Waals surface area contributed by atoms with Crippen molar-refractivity contribution in [3.05, 3.63) is 89.5 Å². The van der Waals surface area contributed by atoms with Gasteiger partial charge in [-0.15, -0.1) is 0 Å². The minimum atomic E-state index is -0.405. The van der Waals surface area contributed by atoms with E-state index in [0.717, 1.165) is 30.4 Å². The molecule has 0 spiro atoms. The molecule has 2 aliphatic rings. The summed E-state index contributed by atoms with van der Waals surface area (Å²) in [7, 11) is 1.70. The molecule has 0 saturated carbocycles. The highest BCUT2D eigenvalue weighted by Gasteiger charge is 2.45. The minimum Gasteiger partial charge on any atom is -0.497 e. The molecule has 5 rings (SSSR count). The topological polar surface area (TPSA) is 30.9 Å². The predicted molar refractivity (Wildman–Crippen MR) is 136 cm³/mol. The summed E-state index contributed by atoms with van der Waals surface area (Å²) in [5.74, 6) is 2.92. The second kappa shape index (κ2) is 9.71. The summed E-state index contributed by atoms with van der Waals surface area (Å²) in [6.07, 6.45) is 2.61. The molecule has 0 N–H and O–H groups in total. The Morgan fingerprint density at radius 1 is 0.882 bits per heavy atom. The van der Waals surface area contributed by atoms with Gasteiger partial charge in [-0.2, -0.15) is 0 Å². The monoisotopic (exact) mass is 457 g/mol. The molecule has 34 heavy (non-hydrogen) atoms. The number of methoxy groups -OCH3 is 1. The highest BCUT2D eigenvalue weighted by molar-refractivity contribution is 5.53. The zero-order chi connectivity index (χ0) is 23.5. The van der Waals surface area contributed by atoms with E-state index in [4.69, 9.17) is 14.2 Å². The number of fused-ring (bicyclic) bond motifs is 1. The molecule has 2 heterocycles. The van der Waals surface area contributed by atoms with Crippen LogP contribution in [0.4, 0.5) is 0 Å². The quantitative estimate of drug-likeness (QED) is 0.419. The first-order valence-electron chi connectivity index (χ1n) is 12.4. The highest BCUT2D eigenvalue weighted by Crippen LogP contribution is 2.53. The number of rotatable bonds is 7. The summed E-state index contributed by atoms with van der Waals surface area (Å²) in [5.41, 5.74) is 3.30. The molecule has 0 amide bonds. The molecule has 2 aliphatic heterocycles. The van der Waals surface area contributed by atoms with E-state index in [1.54, 1.807) is 7.11 Å². The molecule has 2 unspecified atom stereocenters. The molecule has 4 nitrogen and oxygen atoms in total. The average Bonchev–Trinajstić information content (AvgIpc) is 3.36. The number of ether oxygens (including phenoxy) is 3. The Morgan fingerprint density at radius 2 is 1.65 bits per heavy atom. The van der Waals surface area contributed by atoms with Crippen molar-refractivity contribution in [2.24, 2.45) is 0 Å². The zero-order valence-electron chi connectivity index (χ0n) is 20.5. The van der Waals surface area contributed by atoms with E-state index in [9.17, 15) is 0 Å². The van der Waals surface area contributed by atoms with Gasteiger partial charge in [-0.3, -0.25) is 4.90 Å². The summed E-state index contributed by atoms with van der Waals surface area (Å²) in [6.45, 7) is 8.48. The van der Waals surface area contributed by atoms with Crippen LogP contribution in [-0.4, -0.2) is 43.9 Å². The number of nitrogens with zero attached hydrogens (tertiary/aromatic N) is 1. The molecule has 3 aromatic carbocycles. The molecule has 0 radical (unpaired) electrons. The first-order chi connectivity index (χ1) is 16.5. The van der Waals surface area contributed by atoms with Crippen LogP contribution in [0.5, 0.6) is 17.2 Å². The van der Waals surface area contributed by atoms with Gasteiger partial charge in [0.1, 0.15) is 29.5 Å². The van der Waals surface area contributed by atoms with Gasteiger partial charge < -0.3 is 14.2 Å². The summed E-state index contributed by atoms with van der Waals surface area (Å²) in [6, 6.07) is 25.6. The second-order valence-corrected chi connectivity index (χ2v) is 9.94. The molecular formula is C30H35NO3. The lowest BCUT2D eigenvalue weighted by Gasteiger charge is -2.45. The Balaban J connectivity index is 1.51. The molecule has 2 atom stereocenters.